The number of hydrogen-bond acceptors (Lipinski definition) is 4. The third-order valence-electron chi connectivity index (χ3n) is 2.28. The molecule has 0 bridgehead atoms. The standard InChI is InChI=1S/C12H8Cl2FN3O2/c1-20-10-5-9(14)16-12(17-10)18-11(19)7-4-6(13)2-3-8(7)15/h2-5H,1H3,(H,16,17,18,19). The van der Waals surface area contributed by atoms with Gasteiger partial charge in [0.05, 0.1) is 12.7 Å². The molecule has 104 valence electrons. The Hall–Kier alpha value is -1.92. The lowest BCUT2D eigenvalue weighted by Gasteiger charge is -2.07. The summed E-state index contributed by atoms with van der Waals surface area (Å²) in [6, 6.07) is 5.01. The summed E-state index contributed by atoms with van der Waals surface area (Å²) < 4.78 is 18.4. The van der Waals surface area contributed by atoms with Crippen molar-refractivity contribution in [1.82, 2.24) is 9.97 Å². The number of carbonyl (C=O) groups is 1. The van der Waals surface area contributed by atoms with Crippen LogP contribution < -0.4 is 10.1 Å². The van der Waals surface area contributed by atoms with Crippen LogP contribution in [-0.4, -0.2) is 23.0 Å². The molecule has 0 radical (unpaired) electrons. The number of nitrogens with zero attached hydrogens (tertiary/aromatic N) is 2. The molecule has 20 heavy (non-hydrogen) atoms. The molecule has 8 heteroatoms. The van der Waals surface area contributed by atoms with Gasteiger partial charge in [-0.05, 0) is 18.2 Å². The van der Waals surface area contributed by atoms with Crippen LogP contribution in [0.4, 0.5) is 10.3 Å². The molecule has 0 atom stereocenters. The van der Waals surface area contributed by atoms with Crippen LogP contribution in [-0.2, 0) is 0 Å². The summed E-state index contributed by atoms with van der Waals surface area (Å²) >= 11 is 11.5. The van der Waals surface area contributed by atoms with Crippen LogP contribution in [0.2, 0.25) is 10.2 Å². The summed E-state index contributed by atoms with van der Waals surface area (Å²) in [5.41, 5.74) is -0.222. The zero-order valence-electron chi connectivity index (χ0n) is 10.2. The van der Waals surface area contributed by atoms with E-state index in [9.17, 15) is 9.18 Å². The average Bonchev–Trinajstić information content (AvgIpc) is 2.40. The lowest BCUT2D eigenvalue weighted by molar-refractivity contribution is 0.102. The Kier molecular flexibility index (Phi) is 4.36. The molecule has 0 spiro atoms. The highest BCUT2D eigenvalue weighted by molar-refractivity contribution is 6.31. The summed E-state index contributed by atoms with van der Waals surface area (Å²) in [5, 5.41) is 2.64. The highest BCUT2D eigenvalue weighted by Gasteiger charge is 2.14. The normalized spacial score (nSPS) is 10.2. The summed E-state index contributed by atoms with van der Waals surface area (Å²) in [7, 11) is 1.39. The van der Waals surface area contributed by atoms with Gasteiger partial charge < -0.3 is 4.74 Å². The number of rotatable bonds is 3. The molecule has 1 amide bonds. The molecular formula is C12H8Cl2FN3O2. The van der Waals surface area contributed by atoms with Crippen LogP contribution in [0.5, 0.6) is 5.88 Å². The summed E-state index contributed by atoms with van der Waals surface area (Å²) in [4.78, 5) is 19.6. The number of nitrogens with one attached hydrogen (secondary N) is 1. The van der Waals surface area contributed by atoms with Gasteiger partial charge in [0.25, 0.3) is 5.91 Å². The first-order chi connectivity index (χ1) is 9.49. The van der Waals surface area contributed by atoms with E-state index >= 15 is 0 Å². The van der Waals surface area contributed by atoms with Crippen molar-refractivity contribution in [2.24, 2.45) is 0 Å². The molecule has 0 saturated carbocycles. The Balaban J connectivity index is 2.27. The van der Waals surface area contributed by atoms with Crippen LogP contribution >= 0.6 is 23.2 Å². The SMILES string of the molecule is COc1cc(Cl)nc(NC(=O)c2cc(Cl)ccc2F)n1. The molecule has 0 aliphatic heterocycles. The molecule has 1 heterocycles. The van der Waals surface area contributed by atoms with Gasteiger partial charge in [-0.15, -0.1) is 0 Å². The van der Waals surface area contributed by atoms with Crippen molar-refractivity contribution in [3.8, 4) is 5.88 Å². The number of halogens is 3. The predicted molar refractivity (Wildman–Crippen MR) is 73.0 cm³/mol. The Morgan fingerprint density at radius 2 is 2.05 bits per heavy atom. The number of benzene rings is 1. The lowest BCUT2D eigenvalue weighted by atomic mass is 10.2. The molecule has 0 fully saturated rings. The van der Waals surface area contributed by atoms with Crippen LogP contribution in [0.3, 0.4) is 0 Å². The minimum atomic E-state index is -0.741. The van der Waals surface area contributed by atoms with Gasteiger partial charge in [-0.2, -0.15) is 4.98 Å². The average molecular weight is 316 g/mol. The second kappa shape index (κ2) is 6.02. The van der Waals surface area contributed by atoms with Gasteiger partial charge in [0.2, 0.25) is 11.8 Å². The number of aromatic nitrogens is 2. The van der Waals surface area contributed by atoms with Crippen LogP contribution in [0, 0.1) is 5.82 Å². The van der Waals surface area contributed by atoms with Gasteiger partial charge in [0, 0.05) is 11.1 Å². The maximum absolute atomic E-state index is 13.5. The molecular weight excluding hydrogens is 308 g/mol. The van der Waals surface area contributed by atoms with Gasteiger partial charge in [0.1, 0.15) is 11.0 Å². The van der Waals surface area contributed by atoms with E-state index in [1.54, 1.807) is 0 Å². The smallest absolute Gasteiger partial charge is 0.261 e. The fraction of sp³-hybridized carbons (Fsp3) is 0.0833. The number of methoxy groups -OCH3 is 1. The maximum Gasteiger partial charge on any atom is 0.261 e. The van der Waals surface area contributed by atoms with Crippen molar-refractivity contribution in [3.63, 3.8) is 0 Å². The summed E-state index contributed by atoms with van der Waals surface area (Å²) in [5.74, 6) is -1.37. The fourth-order valence-electron chi connectivity index (χ4n) is 1.40. The van der Waals surface area contributed by atoms with E-state index in [1.165, 1.54) is 25.3 Å². The Labute approximate surface area is 123 Å². The zero-order chi connectivity index (χ0) is 14.7. The van der Waals surface area contributed by atoms with Crippen LogP contribution in [0.25, 0.3) is 0 Å². The van der Waals surface area contributed by atoms with E-state index in [0.717, 1.165) is 6.07 Å². The van der Waals surface area contributed by atoms with Crippen molar-refractivity contribution < 1.29 is 13.9 Å². The van der Waals surface area contributed by atoms with Crippen molar-refractivity contribution in [3.05, 3.63) is 45.8 Å². The highest BCUT2D eigenvalue weighted by atomic mass is 35.5. The number of hydrogen-bond donors (Lipinski definition) is 1. The van der Waals surface area contributed by atoms with E-state index < -0.39 is 11.7 Å². The van der Waals surface area contributed by atoms with Crippen molar-refractivity contribution in [2.75, 3.05) is 12.4 Å². The number of carbonyl (C=O) groups excluding carboxylic acids is 1. The quantitative estimate of drug-likeness (QED) is 0.883. The summed E-state index contributed by atoms with van der Waals surface area (Å²) in [6.45, 7) is 0. The fourth-order valence-corrected chi connectivity index (χ4v) is 1.74. The highest BCUT2D eigenvalue weighted by Crippen LogP contribution is 2.18. The van der Waals surface area contributed by atoms with Crippen molar-refractivity contribution in [2.45, 2.75) is 0 Å². The van der Waals surface area contributed by atoms with Crippen LogP contribution in [0.15, 0.2) is 24.3 Å². The van der Waals surface area contributed by atoms with E-state index in [-0.39, 0.29) is 27.6 Å². The van der Waals surface area contributed by atoms with Gasteiger partial charge >= 0.3 is 0 Å². The van der Waals surface area contributed by atoms with Crippen molar-refractivity contribution >= 4 is 35.1 Å². The minimum Gasteiger partial charge on any atom is -0.481 e. The van der Waals surface area contributed by atoms with Gasteiger partial charge in [-0.1, -0.05) is 23.2 Å². The molecule has 1 aromatic heterocycles. The predicted octanol–water partition coefficient (Wildman–Crippen LogP) is 3.18. The molecule has 1 N–H and O–H groups in total. The second-order valence-electron chi connectivity index (χ2n) is 3.63. The van der Waals surface area contributed by atoms with Gasteiger partial charge in [-0.25, -0.2) is 9.37 Å². The topological polar surface area (TPSA) is 64.1 Å². The molecule has 0 aliphatic rings. The monoisotopic (exact) mass is 315 g/mol. The lowest BCUT2D eigenvalue weighted by Crippen LogP contribution is -2.16. The second-order valence-corrected chi connectivity index (χ2v) is 4.46. The largest absolute Gasteiger partial charge is 0.481 e. The third kappa shape index (κ3) is 3.34. The molecule has 0 saturated heterocycles. The Morgan fingerprint density at radius 3 is 2.75 bits per heavy atom. The maximum atomic E-state index is 13.5. The van der Waals surface area contributed by atoms with Crippen molar-refractivity contribution in [1.29, 1.82) is 0 Å². The minimum absolute atomic E-state index is 0.0821. The first-order valence-electron chi connectivity index (χ1n) is 5.34. The Morgan fingerprint density at radius 1 is 1.30 bits per heavy atom. The first kappa shape index (κ1) is 14.5. The van der Waals surface area contributed by atoms with Gasteiger partial charge in [-0.3, -0.25) is 10.1 Å². The number of ether oxygens (including phenoxy) is 1. The van der Waals surface area contributed by atoms with Crippen LogP contribution in [0.1, 0.15) is 10.4 Å². The van der Waals surface area contributed by atoms with E-state index in [1.807, 2.05) is 0 Å². The molecule has 0 aliphatic carbocycles. The Bertz CT molecular complexity index is 667. The molecule has 0 unspecified atom stereocenters. The van der Waals surface area contributed by atoms with E-state index in [0.29, 0.717) is 0 Å². The molecule has 2 aromatic rings. The zero-order valence-corrected chi connectivity index (χ0v) is 11.7. The number of amides is 1. The van der Waals surface area contributed by atoms with E-state index in [4.69, 9.17) is 27.9 Å². The molecule has 5 nitrogen and oxygen atoms in total. The first-order valence-corrected chi connectivity index (χ1v) is 6.10. The molecule has 2 rings (SSSR count). The van der Waals surface area contributed by atoms with E-state index in [2.05, 4.69) is 15.3 Å². The molecule has 1 aromatic carbocycles. The third-order valence-corrected chi connectivity index (χ3v) is 2.71. The summed E-state index contributed by atoms with van der Waals surface area (Å²) in [6.07, 6.45) is 0. The number of anilines is 1. The van der Waals surface area contributed by atoms with Gasteiger partial charge in [0.15, 0.2) is 0 Å².